The van der Waals surface area contributed by atoms with E-state index in [9.17, 15) is 8.42 Å². The lowest BCUT2D eigenvalue weighted by Gasteiger charge is -2.18. The standard InChI is InChI=1S/C12H12N2O2S2/c1-2-7-14(9-10-3-4-10)18(15,16)12-6-5-11(8-13)17-12/h1,5-6,10H,3-4,7,9H2. The molecule has 1 aliphatic rings. The summed E-state index contributed by atoms with van der Waals surface area (Å²) >= 11 is 0.982. The van der Waals surface area contributed by atoms with Gasteiger partial charge in [-0.2, -0.15) is 9.57 Å². The van der Waals surface area contributed by atoms with Gasteiger partial charge in [-0.05, 0) is 30.9 Å². The van der Waals surface area contributed by atoms with Crippen LogP contribution in [0.15, 0.2) is 16.3 Å². The van der Waals surface area contributed by atoms with E-state index in [1.807, 2.05) is 6.07 Å². The molecule has 0 atom stereocenters. The summed E-state index contributed by atoms with van der Waals surface area (Å²) in [5, 5.41) is 8.73. The van der Waals surface area contributed by atoms with Gasteiger partial charge in [0.15, 0.2) is 0 Å². The summed E-state index contributed by atoms with van der Waals surface area (Å²) < 4.78 is 26.2. The second kappa shape index (κ2) is 5.11. The number of hydrogen-bond donors (Lipinski definition) is 0. The molecule has 1 aliphatic carbocycles. The van der Waals surface area contributed by atoms with Gasteiger partial charge in [0.25, 0.3) is 10.0 Å². The Bertz CT molecular complexity index is 615. The predicted molar refractivity (Wildman–Crippen MR) is 69.3 cm³/mol. The SMILES string of the molecule is C#CCN(CC1CC1)S(=O)(=O)c1ccc(C#N)s1. The second-order valence-corrected chi connectivity index (χ2v) is 7.42. The summed E-state index contributed by atoms with van der Waals surface area (Å²) in [6.45, 7) is 0.560. The fraction of sp³-hybridized carbons (Fsp3) is 0.417. The largest absolute Gasteiger partial charge is 0.253 e. The molecule has 0 amide bonds. The Labute approximate surface area is 111 Å². The van der Waals surface area contributed by atoms with Crippen LogP contribution in [0, 0.1) is 29.6 Å². The first-order chi connectivity index (χ1) is 8.57. The summed E-state index contributed by atoms with van der Waals surface area (Å²) in [5.41, 5.74) is 0. The van der Waals surface area contributed by atoms with Crippen LogP contribution in [0.5, 0.6) is 0 Å². The summed E-state index contributed by atoms with van der Waals surface area (Å²) in [6.07, 6.45) is 7.35. The second-order valence-electron chi connectivity index (χ2n) is 4.18. The highest BCUT2D eigenvalue weighted by atomic mass is 32.2. The van der Waals surface area contributed by atoms with Crippen molar-refractivity contribution in [3.05, 3.63) is 17.0 Å². The van der Waals surface area contributed by atoms with Crippen molar-refractivity contribution in [2.75, 3.05) is 13.1 Å². The number of rotatable bonds is 5. The van der Waals surface area contributed by atoms with Crippen molar-refractivity contribution in [1.82, 2.24) is 4.31 Å². The molecule has 0 aliphatic heterocycles. The molecule has 2 rings (SSSR count). The third-order valence-electron chi connectivity index (χ3n) is 2.71. The molecule has 94 valence electrons. The maximum atomic E-state index is 12.3. The first-order valence-electron chi connectivity index (χ1n) is 5.51. The Morgan fingerprint density at radius 2 is 2.22 bits per heavy atom. The molecule has 0 bridgehead atoms. The average molecular weight is 280 g/mol. The van der Waals surface area contributed by atoms with E-state index >= 15 is 0 Å². The Balaban J connectivity index is 2.26. The van der Waals surface area contributed by atoms with Gasteiger partial charge >= 0.3 is 0 Å². The van der Waals surface area contributed by atoms with Crippen molar-refractivity contribution < 1.29 is 8.42 Å². The maximum absolute atomic E-state index is 12.3. The van der Waals surface area contributed by atoms with Crippen LogP contribution in [0.3, 0.4) is 0 Å². The fourth-order valence-electron chi connectivity index (χ4n) is 1.58. The summed E-state index contributed by atoms with van der Waals surface area (Å²) in [6, 6.07) is 4.92. The molecule has 0 radical (unpaired) electrons. The molecule has 0 saturated heterocycles. The topological polar surface area (TPSA) is 61.2 Å². The van der Waals surface area contributed by atoms with Crippen LogP contribution in [0.4, 0.5) is 0 Å². The van der Waals surface area contributed by atoms with Crippen LogP contribution in [0.1, 0.15) is 17.7 Å². The number of sulfonamides is 1. The lowest BCUT2D eigenvalue weighted by molar-refractivity contribution is 0.431. The zero-order chi connectivity index (χ0) is 13.2. The van der Waals surface area contributed by atoms with Gasteiger partial charge in [0.1, 0.15) is 15.2 Å². The van der Waals surface area contributed by atoms with E-state index in [2.05, 4.69) is 5.92 Å². The zero-order valence-electron chi connectivity index (χ0n) is 9.67. The van der Waals surface area contributed by atoms with Crippen LogP contribution in [-0.4, -0.2) is 25.8 Å². The minimum atomic E-state index is -3.55. The Morgan fingerprint density at radius 3 is 2.72 bits per heavy atom. The number of hydrogen-bond acceptors (Lipinski definition) is 4. The fourth-order valence-corrected chi connectivity index (χ4v) is 4.27. The van der Waals surface area contributed by atoms with E-state index in [1.54, 1.807) is 0 Å². The van der Waals surface area contributed by atoms with Gasteiger partial charge in [-0.1, -0.05) is 5.92 Å². The Morgan fingerprint density at radius 1 is 1.50 bits per heavy atom. The predicted octanol–water partition coefficient (Wildman–Crippen LogP) is 1.65. The van der Waals surface area contributed by atoms with Gasteiger partial charge in [0.05, 0.1) is 6.54 Å². The van der Waals surface area contributed by atoms with Gasteiger partial charge in [-0.15, -0.1) is 17.8 Å². The molecule has 1 heterocycles. The van der Waals surface area contributed by atoms with Crippen molar-refractivity contribution in [2.24, 2.45) is 5.92 Å². The molecule has 4 nitrogen and oxygen atoms in total. The van der Waals surface area contributed by atoms with Crippen molar-refractivity contribution in [2.45, 2.75) is 17.1 Å². The zero-order valence-corrected chi connectivity index (χ0v) is 11.3. The molecule has 0 spiro atoms. The average Bonchev–Trinajstić information content (AvgIpc) is 3.02. The smallest absolute Gasteiger partial charge is 0.206 e. The molecule has 1 aromatic heterocycles. The minimum Gasteiger partial charge on any atom is -0.206 e. The van der Waals surface area contributed by atoms with Crippen LogP contribution in [0.2, 0.25) is 0 Å². The summed E-state index contributed by atoms with van der Waals surface area (Å²) in [4.78, 5) is 0.389. The molecule has 0 unspecified atom stereocenters. The molecule has 1 aromatic rings. The molecule has 1 fully saturated rings. The molecule has 1 saturated carbocycles. The minimum absolute atomic E-state index is 0.0820. The quantitative estimate of drug-likeness (QED) is 0.771. The maximum Gasteiger partial charge on any atom is 0.253 e. The lowest BCUT2D eigenvalue weighted by atomic mass is 10.4. The van der Waals surface area contributed by atoms with E-state index in [-0.39, 0.29) is 10.8 Å². The summed E-state index contributed by atoms with van der Waals surface area (Å²) in [7, 11) is -3.55. The van der Waals surface area contributed by atoms with Crippen molar-refractivity contribution in [3.63, 3.8) is 0 Å². The van der Waals surface area contributed by atoms with E-state index in [0.29, 0.717) is 17.3 Å². The number of nitriles is 1. The number of terminal acetylenes is 1. The highest BCUT2D eigenvalue weighted by Crippen LogP contribution is 2.32. The molecule has 6 heteroatoms. The van der Waals surface area contributed by atoms with E-state index < -0.39 is 10.0 Å². The number of thiophene rings is 1. The first kappa shape index (κ1) is 13.1. The van der Waals surface area contributed by atoms with Crippen LogP contribution in [-0.2, 0) is 10.0 Å². The third kappa shape index (κ3) is 2.73. The van der Waals surface area contributed by atoms with Crippen molar-refractivity contribution in [1.29, 1.82) is 5.26 Å². The van der Waals surface area contributed by atoms with Crippen molar-refractivity contribution >= 4 is 21.4 Å². The third-order valence-corrected chi connectivity index (χ3v) is 5.98. The van der Waals surface area contributed by atoms with Gasteiger partial charge in [0, 0.05) is 6.54 Å². The van der Waals surface area contributed by atoms with Crippen LogP contribution in [0.25, 0.3) is 0 Å². The van der Waals surface area contributed by atoms with Crippen LogP contribution < -0.4 is 0 Å². The van der Waals surface area contributed by atoms with Gasteiger partial charge < -0.3 is 0 Å². The monoisotopic (exact) mass is 280 g/mol. The van der Waals surface area contributed by atoms with E-state index in [1.165, 1.54) is 16.4 Å². The van der Waals surface area contributed by atoms with Gasteiger partial charge in [0.2, 0.25) is 0 Å². The Hall–Kier alpha value is -1.34. The molecular weight excluding hydrogens is 268 g/mol. The molecule has 0 N–H and O–H groups in total. The highest BCUT2D eigenvalue weighted by molar-refractivity contribution is 7.91. The normalized spacial score (nSPS) is 15.3. The van der Waals surface area contributed by atoms with Gasteiger partial charge in [-0.25, -0.2) is 8.42 Å². The lowest BCUT2D eigenvalue weighted by Crippen LogP contribution is -2.32. The van der Waals surface area contributed by atoms with Gasteiger partial charge in [-0.3, -0.25) is 0 Å². The molecule has 18 heavy (non-hydrogen) atoms. The molecule has 0 aromatic carbocycles. The summed E-state index contributed by atoms with van der Waals surface area (Å²) in [5.74, 6) is 2.82. The van der Waals surface area contributed by atoms with Crippen LogP contribution >= 0.6 is 11.3 Å². The molecular formula is C12H12N2O2S2. The van der Waals surface area contributed by atoms with E-state index in [4.69, 9.17) is 11.7 Å². The highest BCUT2D eigenvalue weighted by Gasteiger charge is 2.32. The first-order valence-corrected chi connectivity index (χ1v) is 7.77. The number of nitrogens with zero attached hydrogens (tertiary/aromatic N) is 2. The Kier molecular flexibility index (Phi) is 3.72. The van der Waals surface area contributed by atoms with Crippen molar-refractivity contribution in [3.8, 4) is 18.4 Å². The van der Waals surface area contributed by atoms with E-state index in [0.717, 1.165) is 24.2 Å².